The first-order valence-corrected chi connectivity index (χ1v) is 8.81. The Hall–Kier alpha value is -0.990. The van der Waals surface area contributed by atoms with Crippen molar-refractivity contribution in [2.45, 2.75) is 24.2 Å². The number of sulfonamides is 1. The van der Waals surface area contributed by atoms with E-state index in [2.05, 4.69) is 15.9 Å². The van der Waals surface area contributed by atoms with Gasteiger partial charge in [-0.1, -0.05) is 22.4 Å². The summed E-state index contributed by atoms with van der Waals surface area (Å²) in [5, 5.41) is 4.97. The molecule has 21 heavy (non-hydrogen) atoms. The first-order valence-electron chi connectivity index (χ1n) is 6.47. The highest BCUT2D eigenvalue weighted by Gasteiger charge is 2.27. The number of rotatable bonds is 4. The van der Waals surface area contributed by atoms with Crippen LogP contribution >= 0.6 is 15.9 Å². The molecule has 0 aliphatic heterocycles. The number of hydrogen-bond acceptors (Lipinski definition) is 3. The smallest absolute Gasteiger partial charge is 0.256 e. The normalized spacial score (nSPS) is 15.6. The Balaban J connectivity index is 2.34. The summed E-state index contributed by atoms with van der Waals surface area (Å²) in [5.74, 6) is -1.22. The summed E-state index contributed by atoms with van der Waals surface area (Å²) in [7, 11) is -2.65. The van der Waals surface area contributed by atoms with Crippen LogP contribution in [0.2, 0.25) is 0 Å². The molecule has 0 atom stereocenters. The van der Waals surface area contributed by atoms with E-state index in [1.807, 2.05) is 0 Å². The minimum absolute atomic E-state index is 0.285. The number of benzene rings is 1. The Morgan fingerprint density at radius 3 is 2.57 bits per heavy atom. The lowest BCUT2D eigenvalue weighted by Crippen LogP contribution is -2.35. The molecule has 116 valence electrons. The molecule has 1 amide bonds. The quantitative estimate of drug-likeness (QED) is 0.870. The van der Waals surface area contributed by atoms with Crippen molar-refractivity contribution >= 4 is 31.9 Å². The predicted molar refractivity (Wildman–Crippen MR) is 79.8 cm³/mol. The molecule has 1 aromatic rings. The molecular weight excluding hydrogens is 363 g/mol. The summed E-state index contributed by atoms with van der Waals surface area (Å²) < 4.78 is 37.3. The van der Waals surface area contributed by atoms with Crippen LogP contribution in [0.5, 0.6) is 0 Å². The summed E-state index contributed by atoms with van der Waals surface area (Å²) >= 11 is 3.08. The van der Waals surface area contributed by atoms with Gasteiger partial charge in [0.2, 0.25) is 10.0 Å². The van der Waals surface area contributed by atoms with Crippen molar-refractivity contribution < 1.29 is 17.6 Å². The molecular formula is C13H16BrFN2O3S. The molecule has 0 spiro atoms. The van der Waals surface area contributed by atoms with E-state index in [4.69, 9.17) is 5.14 Å². The lowest BCUT2D eigenvalue weighted by molar-refractivity contribution is 0.0740. The Morgan fingerprint density at radius 1 is 1.48 bits per heavy atom. The number of nitrogens with two attached hydrogens (primary N) is 1. The molecule has 2 N–H and O–H groups in total. The molecule has 8 heteroatoms. The zero-order chi connectivity index (χ0) is 15.8. The molecule has 0 radical (unpaired) electrons. The molecule has 1 aliphatic rings. The van der Waals surface area contributed by atoms with Gasteiger partial charge in [-0.2, -0.15) is 0 Å². The second kappa shape index (κ2) is 6.02. The van der Waals surface area contributed by atoms with Crippen molar-refractivity contribution in [3.63, 3.8) is 0 Å². The number of hydrogen-bond donors (Lipinski definition) is 1. The van der Waals surface area contributed by atoms with Gasteiger partial charge < -0.3 is 4.90 Å². The van der Waals surface area contributed by atoms with Crippen LogP contribution in [0.25, 0.3) is 0 Å². The minimum Gasteiger partial charge on any atom is -0.341 e. The standard InChI is InChI=1S/C13H16BrFN2O3S/c1-17(7-8-3-2-4-8)13(18)10-5-9(14)6-11(12(10)15)21(16,19)20/h5-6,8H,2-4,7H2,1H3,(H2,16,19,20). The van der Waals surface area contributed by atoms with Crippen LogP contribution in [0.15, 0.2) is 21.5 Å². The SMILES string of the molecule is CN(CC1CCC1)C(=O)c1cc(Br)cc(S(N)(=O)=O)c1F. The van der Waals surface area contributed by atoms with Gasteiger partial charge >= 0.3 is 0 Å². The first-order chi connectivity index (χ1) is 9.70. The number of carbonyl (C=O) groups is 1. The number of primary sulfonamides is 1. The van der Waals surface area contributed by atoms with E-state index < -0.39 is 26.6 Å². The third-order valence-corrected chi connectivity index (χ3v) is 5.01. The number of halogens is 2. The molecule has 0 aromatic heterocycles. The van der Waals surface area contributed by atoms with Crippen molar-refractivity contribution in [2.24, 2.45) is 11.1 Å². The lowest BCUT2D eigenvalue weighted by atomic mass is 9.85. The maximum absolute atomic E-state index is 14.3. The van der Waals surface area contributed by atoms with Crippen LogP contribution in [-0.4, -0.2) is 32.8 Å². The van der Waals surface area contributed by atoms with Gasteiger partial charge in [-0.15, -0.1) is 0 Å². The average molecular weight is 379 g/mol. The fourth-order valence-electron chi connectivity index (χ4n) is 2.28. The Bertz CT molecular complexity index is 674. The van der Waals surface area contributed by atoms with Crippen LogP contribution in [0.4, 0.5) is 4.39 Å². The summed E-state index contributed by atoms with van der Waals surface area (Å²) in [6, 6.07) is 2.32. The maximum atomic E-state index is 14.3. The van der Waals surface area contributed by atoms with Crippen LogP contribution in [0.1, 0.15) is 29.6 Å². The molecule has 0 heterocycles. The molecule has 1 aromatic carbocycles. The van der Waals surface area contributed by atoms with Gasteiger partial charge in [0.1, 0.15) is 4.90 Å². The van der Waals surface area contributed by atoms with Crippen molar-refractivity contribution in [2.75, 3.05) is 13.6 Å². The molecule has 1 saturated carbocycles. The fraction of sp³-hybridized carbons (Fsp3) is 0.462. The zero-order valence-electron chi connectivity index (χ0n) is 11.5. The van der Waals surface area contributed by atoms with Crippen molar-refractivity contribution in [1.29, 1.82) is 0 Å². The van der Waals surface area contributed by atoms with E-state index in [1.165, 1.54) is 11.0 Å². The Kier molecular flexibility index (Phi) is 4.69. The average Bonchev–Trinajstić information content (AvgIpc) is 2.33. The van der Waals surface area contributed by atoms with E-state index in [1.54, 1.807) is 7.05 Å². The van der Waals surface area contributed by atoms with Crippen LogP contribution in [0, 0.1) is 11.7 Å². The monoisotopic (exact) mass is 378 g/mol. The molecule has 2 rings (SSSR count). The van der Waals surface area contributed by atoms with Gasteiger partial charge in [0, 0.05) is 18.1 Å². The number of nitrogens with zero attached hydrogens (tertiary/aromatic N) is 1. The maximum Gasteiger partial charge on any atom is 0.256 e. The third-order valence-electron chi connectivity index (χ3n) is 3.64. The molecule has 0 unspecified atom stereocenters. The predicted octanol–water partition coefficient (Wildman–Crippen LogP) is 2.11. The highest BCUT2D eigenvalue weighted by molar-refractivity contribution is 9.10. The van der Waals surface area contributed by atoms with Crippen LogP contribution in [0.3, 0.4) is 0 Å². The van der Waals surface area contributed by atoms with E-state index in [0.717, 1.165) is 25.3 Å². The van der Waals surface area contributed by atoms with Gasteiger partial charge in [-0.3, -0.25) is 4.79 Å². The second-order valence-electron chi connectivity index (χ2n) is 5.29. The van der Waals surface area contributed by atoms with E-state index in [0.29, 0.717) is 12.5 Å². The van der Waals surface area contributed by atoms with Gasteiger partial charge in [-0.25, -0.2) is 17.9 Å². The van der Waals surface area contributed by atoms with Crippen LogP contribution < -0.4 is 5.14 Å². The second-order valence-corrected chi connectivity index (χ2v) is 7.74. The van der Waals surface area contributed by atoms with Gasteiger partial charge in [0.15, 0.2) is 5.82 Å². The summed E-state index contributed by atoms with van der Waals surface area (Å²) in [6.07, 6.45) is 3.26. The number of amides is 1. The van der Waals surface area contributed by atoms with Gasteiger partial charge in [0.25, 0.3) is 5.91 Å². The topological polar surface area (TPSA) is 80.5 Å². The van der Waals surface area contributed by atoms with E-state index in [-0.39, 0.29) is 10.0 Å². The zero-order valence-corrected chi connectivity index (χ0v) is 13.9. The highest BCUT2D eigenvalue weighted by Crippen LogP contribution is 2.28. The molecule has 0 bridgehead atoms. The lowest BCUT2D eigenvalue weighted by Gasteiger charge is -2.30. The fourth-order valence-corrected chi connectivity index (χ4v) is 3.54. The van der Waals surface area contributed by atoms with E-state index in [9.17, 15) is 17.6 Å². The van der Waals surface area contributed by atoms with Crippen molar-refractivity contribution in [3.05, 3.63) is 28.0 Å². The third kappa shape index (κ3) is 3.61. The number of carbonyl (C=O) groups excluding carboxylic acids is 1. The van der Waals surface area contributed by atoms with Crippen LogP contribution in [-0.2, 0) is 10.0 Å². The summed E-state index contributed by atoms with van der Waals surface area (Å²) in [5.41, 5.74) is -0.296. The van der Waals surface area contributed by atoms with Crippen molar-refractivity contribution in [1.82, 2.24) is 4.90 Å². The minimum atomic E-state index is -4.23. The Labute approximate surface area is 131 Å². The van der Waals surface area contributed by atoms with Crippen molar-refractivity contribution in [3.8, 4) is 0 Å². The molecule has 1 aliphatic carbocycles. The Morgan fingerprint density at radius 2 is 2.10 bits per heavy atom. The summed E-state index contributed by atoms with van der Waals surface area (Å²) in [6.45, 7) is 0.537. The largest absolute Gasteiger partial charge is 0.341 e. The highest BCUT2D eigenvalue weighted by atomic mass is 79.9. The molecule has 5 nitrogen and oxygen atoms in total. The molecule has 0 saturated heterocycles. The van der Waals surface area contributed by atoms with Gasteiger partial charge in [-0.05, 0) is 30.9 Å². The molecule has 1 fully saturated rings. The summed E-state index contributed by atoms with van der Waals surface area (Å²) in [4.78, 5) is 13.0. The van der Waals surface area contributed by atoms with E-state index >= 15 is 0 Å². The first kappa shape index (κ1) is 16.4. The van der Waals surface area contributed by atoms with Gasteiger partial charge in [0.05, 0.1) is 5.56 Å².